The van der Waals surface area contributed by atoms with Crippen molar-refractivity contribution in [1.29, 1.82) is 0 Å². The lowest BCUT2D eigenvalue weighted by Gasteiger charge is -2.00. The Morgan fingerprint density at radius 1 is 1.71 bits per heavy atom. The monoisotopic (exact) mass is 102 g/mol. The Morgan fingerprint density at radius 3 is 2.57 bits per heavy atom. The van der Waals surface area contributed by atoms with E-state index in [4.69, 9.17) is 5.11 Å². The van der Waals surface area contributed by atoms with Gasteiger partial charge in [0.15, 0.2) is 6.10 Å². The minimum Gasteiger partial charge on any atom is -0.442 e. The molecule has 0 amide bonds. The van der Waals surface area contributed by atoms with Crippen LogP contribution in [0.5, 0.6) is 0 Å². The summed E-state index contributed by atoms with van der Waals surface area (Å²) in [4.78, 5) is 2.19. The van der Waals surface area contributed by atoms with Crippen LogP contribution in [0.3, 0.4) is 0 Å². The summed E-state index contributed by atoms with van der Waals surface area (Å²) in [5.74, 6) is 0. The van der Waals surface area contributed by atoms with Crippen molar-refractivity contribution >= 4 is 0 Å². The van der Waals surface area contributed by atoms with Gasteiger partial charge in [-0.3, -0.25) is 4.90 Å². The first kappa shape index (κ1) is 5.06. The van der Waals surface area contributed by atoms with Crippen LogP contribution in [0, 0.1) is 0 Å². The van der Waals surface area contributed by atoms with E-state index in [1.165, 1.54) is 0 Å². The molecule has 0 aromatic carbocycles. The molecule has 0 spiro atoms. The Bertz CT molecular complexity index is 57.1. The van der Waals surface area contributed by atoms with Crippen molar-refractivity contribution < 1.29 is 5.11 Å². The molecule has 42 valence electrons. The van der Waals surface area contributed by atoms with Crippen LogP contribution in [0.2, 0.25) is 0 Å². The Kier molecular flexibility index (Phi) is 1.30. The van der Waals surface area contributed by atoms with Crippen LogP contribution in [0.4, 0.5) is 0 Å². The molecule has 1 fully saturated rings. The van der Waals surface area contributed by atoms with Crippen LogP contribution >= 0.6 is 0 Å². The van der Waals surface area contributed by atoms with Crippen molar-refractivity contribution in [3.05, 3.63) is 0 Å². The predicted molar refractivity (Wildman–Crippen MR) is 29.5 cm³/mol. The van der Waals surface area contributed by atoms with Gasteiger partial charge in [-0.05, 0) is 7.05 Å². The van der Waals surface area contributed by atoms with Crippen molar-refractivity contribution in [3.63, 3.8) is 0 Å². The summed E-state index contributed by atoms with van der Waals surface area (Å²) >= 11 is 0. The smallest absolute Gasteiger partial charge is 0.167 e. The maximum atomic E-state index is 7.22. The quantitative estimate of drug-likeness (QED) is 0.376. The number of likely N-dealkylation sites (tertiary alicyclic amines) is 1. The topological polar surface area (TPSA) is 26.1 Å². The molecule has 7 heavy (non-hydrogen) atoms. The minimum absolute atomic E-state index is 0.199. The molecule has 1 aliphatic heterocycles. The molecular formula is C5H12NO+. The second-order valence-electron chi connectivity index (χ2n) is 2.25. The molecule has 1 rings (SSSR count). The number of nitrogens with zero attached hydrogens (tertiary/aromatic N) is 1. The third-order valence-electron chi connectivity index (χ3n) is 1.39. The van der Waals surface area contributed by atoms with E-state index in [2.05, 4.69) is 11.9 Å². The maximum Gasteiger partial charge on any atom is 0.167 e. The SMILES string of the molecule is CN1CCC([OH2+])C1. The van der Waals surface area contributed by atoms with Gasteiger partial charge in [0, 0.05) is 13.0 Å². The average molecular weight is 102 g/mol. The van der Waals surface area contributed by atoms with E-state index in [9.17, 15) is 0 Å². The highest BCUT2D eigenvalue weighted by Crippen LogP contribution is 2.03. The Morgan fingerprint density at radius 2 is 2.43 bits per heavy atom. The molecular weight excluding hydrogens is 90.1 g/mol. The summed E-state index contributed by atoms with van der Waals surface area (Å²) in [5.41, 5.74) is 0. The van der Waals surface area contributed by atoms with Gasteiger partial charge in [-0.1, -0.05) is 0 Å². The first-order valence-electron chi connectivity index (χ1n) is 2.68. The predicted octanol–water partition coefficient (Wildman–Crippen LogP) is -0.585. The second-order valence-corrected chi connectivity index (χ2v) is 2.25. The molecule has 0 saturated carbocycles. The summed E-state index contributed by atoms with van der Waals surface area (Å²) in [6.07, 6.45) is 1.27. The van der Waals surface area contributed by atoms with Gasteiger partial charge in [-0.2, -0.15) is 0 Å². The zero-order valence-electron chi connectivity index (χ0n) is 4.65. The van der Waals surface area contributed by atoms with Gasteiger partial charge < -0.3 is 5.11 Å². The van der Waals surface area contributed by atoms with Gasteiger partial charge in [0.1, 0.15) is 0 Å². The van der Waals surface area contributed by atoms with Gasteiger partial charge in [0.2, 0.25) is 0 Å². The second kappa shape index (κ2) is 1.80. The highest BCUT2D eigenvalue weighted by atomic mass is 16.3. The van der Waals surface area contributed by atoms with Crippen molar-refractivity contribution in [2.45, 2.75) is 12.5 Å². The summed E-state index contributed by atoms with van der Waals surface area (Å²) in [5, 5.41) is 7.22. The van der Waals surface area contributed by atoms with E-state index in [1.54, 1.807) is 0 Å². The average Bonchev–Trinajstić information content (AvgIpc) is 1.87. The highest BCUT2D eigenvalue weighted by Gasteiger charge is 2.19. The van der Waals surface area contributed by atoms with Gasteiger partial charge in [0.05, 0.1) is 6.54 Å². The van der Waals surface area contributed by atoms with Crippen LogP contribution < -0.4 is 0 Å². The van der Waals surface area contributed by atoms with E-state index in [-0.39, 0.29) is 6.10 Å². The molecule has 0 bridgehead atoms. The lowest BCUT2D eigenvalue weighted by atomic mass is 10.3. The highest BCUT2D eigenvalue weighted by molar-refractivity contribution is 4.70. The molecule has 2 N–H and O–H groups in total. The van der Waals surface area contributed by atoms with Gasteiger partial charge >= 0.3 is 0 Å². The summed E-state index contributed by atoms with van der Waals surface area (Å²) in [6, 6.07) is 0. The van der Waals surface area contributed by atoms with Crippen LogP contribution in [0.25, 0.3) is 0 Å². The largest absolute Gasteiger partial charge is 0.442 e. The van der Waals surface area contributed by atoms with Crippen molar-refractivity contribution in [2.24, 2.45) is 0 Å². The summed E-state index contributed by atoms with van der Waals surface area (Å²) in [6.45, 7) is 2.09. The van der Waals surface area contributed by atoms with Crippen LogP contribution in [-0.4, -0.2) is 36.2 Å². The Balaban J connectivity index is 2.26. The molecule has 2 nitrogen and oxygen atoms in total. The lowest BCUT2D eigenvalue weighted by Crippen LogP contribution is -2.15. The summed E-state index contributed by atoms with van der Waals surface area (Å²) in [7, 11) is 2.06. The molecule has 2 heteroatoms. The van der Waals surface area contributed by atoms with Crippen molar-refractivity contribution in [1.82, 2.24) is 4.90 Å². The first-order chi connectivity index (χ1) is 3.29. The van der Waals surface area contributed by atoms with Crippen molar-refractivity contribution in [2.75, 3.05) is 20.1 Å². The van der Waals surface area contributed by atoms with E-state index in [0.717, 1.165) is 19.5 Å². The molecule has 0 radical (unpaired) electrons. The van der Waals surface area contributed by atoms with Gasteiger partial charge in [0.25, 0.3) is 0 Å². The molecule has 1 saturated heterocycles. The normalized spacial score (nSPS) is 34.3. The van der Waals surface area contributed by atoms with Crippen LogP contribution in [-0.2, 0) is 0 Å². The number of hydrogen-bond donors (Lipinski definition) is 0. The third kappa shape index (κ3) is 1.14. The fourth-order valence-electron chi connectivity index (χ4n) is 0.935. The van der Waals surface area contributed by atoms with E-state index in [1.807, 2.05) is 0 Å². The van der Waals surface area contributed by atoms with Crippen LogP contribution in [0.1, 0.15) is 6.42 Å². The van der Waals surface area contributed by atoms with Gasteiger partial charge in [-0.25, -0.2) is 0 Å². The van der Waals surface area contributed by atoms with Crippen molar-refractivity contribution in [3.8, 4) is 0 Å². The Labute approximate surface area is 43.7 Å². The molecule has 1 unspecified atom stereocenters. The zero-order valence-corrected chi connectivity index (χ0v) is 4.65. The first-order valence-corrected chi connectivity index (χ1v) is 2.68. The number of likely N-dealkylation sites (N-methyl/N-ethyl adjacent to an activating group) is 1. The lowest BCUT2D eigenvalue weighted by molar-refractivity contribution is 0.183. The fraction of sp³-hybridized carbons (Fsp3) is 1.00. The standard InChI is InChI=1S/C5H11NO/c1-6-3-2-5(7)4-6/h5,7H,2-4H2,1H3/p+1. The molecule has 1 heterocycles. The zero-order chi connectivity index (χ0) is 5.28. The minimum atomic E-state index is 0.199. The fourth-order valence-corrected chi connectivity index (χ4v) is 0.935. The van der Waals surface area contributed by atoms with E-state index in [0.29, 0.717) is 0 Å². The van der Waals surface area contributed by atoms with E-state index >= 15 is 0 Å². The molecule has 1 atom stereocenters. The molecule has 0 aromatic rings. The number of rotatable bonds is 0. The Hall–Kier alpha value is -0.0800. The molecule has 0 aliphatic carbocycles. The molecule has 0 aromatic heterocycles. The third-order valence-corrected chi connectivity index (χ3v) is 1.39. The van der Waals surface area contributed by atoms with Crippen LogP contribution in [0.15, 0.2) is 0 Å². The van der Waals surface area contributed by atoms with E-state index < -0.39 is 0 Å². The summed E-state index contributed by atoms with van der Waals surface area (Å²) < 4.78 is 0. The maximum absolute atomic E-state index is 7.22. The number of hydrogen-bond acceptors (Lipinski definition) is 1. The van der Waals surface area contributed by atoms with Gasteiger partial charge in [-0.15, -0.1) is 0 Å². The molecule has 1 aliphatic rings.